The van der Waals surface area contributed by atoms with Crippen LogP contribution < -0.4 is 15.5 Å². The van der Waals surface area contributed by atoms with E-state index in [2.05, 4.69) is 10.6 Å². The molecule has 30 heavy (non-hydrogen) atoms. The second-order valence-corrected chi connectivity index (χ2v) is 9.79. The van der Waals surface area contributed by atoms with Crippen LogP contribution in [-0.2, 0) is 20.7 Å². The third-order valence-corrected chi connectivity index (χ3v) is 4.51. The second kappa shape index (κ2) is 9.00. The molecule has 0 bridgehead atoms. The zero-order valence-electron chi connectivity index (χ0n) is 18.5. The molecule has 0 radical (unpaired) electrons. The summed E-state index contributed by atoms with van der Waals surface area (Å²) < 4.78 is 5.44. The summed E-state index contributed by atoms with van der Waals surface area (Å²) >= 11 is 5.36. The fourth-order valence-corrected chi connectivity index (χ4v) is 3.59. The van der Waals surface area contributed by atoms with Gasteiger partial charge in [0.1, 0.15) is 18.1 Å². The molecule has 1 amide bonds. The summed E-state index contributed by atoms with van der Waals surface area (Å²) in [6.45, 7) is 11.1. The Labute approximate surface area is 183 Å². The SMILES string of the molecule is CC(C)(C)NC(=S)Nc1ccc2c(c1)N(CC#N)C(=O)C(C(=O)OC(C)(C)C)CC2. The maximum absolute atomic E-state index is 13.2. The van der Waals surface area contributed by atoms with Crippen molar-refractivity contribution in [2.75, 3.05) is 16.8 Å². The van der Waals surface area contributed by atoms with Crippen LogP contribution in [0.25, 0.3) is 0 Å². The fourth-order valence-electron chi connectivity index (χ4n) is 3.16. The summed E-state index contributed by atoms with van der Waals surface area (Å²) in [5.41, 5.74) is 1.31. The van der Waals surface area contributed by atoms with Crippen LogP contribution in [0.1, 0.15) is 53.5 Å². The van der Waals surface area contributed by atoms with Crippen molar-refractivity contribution in [3.63, 3.8) is 0 Å². The van der Waals surface area contributed by atoms with Crippen LogP contribution in [-0.4, -0.2) is 34.7 Å². The molecular formula is C22H30N4O3S. The van der Waals surface area contributed by atoms with E-state index >= 15 is 0 Å². The molecule has 2 rings (SSSR count). The van der Waals surface area contributed by atoms with Gasteiger partial charge in [-0.15, -0.1) is 0 Å². The number of aryl methyl sites for hydroxylation is 1. The zero-order valence-corrected chi connectivity index (χ0v) is 19.3. The number of hydrogen-bond acceptors (Lipinski definition) is 5. The van der Waals surface area contributed by atoms with Crippen LogP contribution >= 0.6 is 12.2 Å². The van der Waals surface area contributed by atoms with E-state index in [0.717, 1.165) is 5.56 Å². The van der Waals surface area contributed by atoms with Gasteiger partial charge in [-0.05, 0) is 84.3 Å². The molecule has 8 heteroatoms. The number of nitrogens with one attached hydrogen (secondary N) is 2. The summed E-state index contributed by atoms with van der Waals surface area (Å²) in [5, 5.41) is 16.1. The molecule has 1 atom stereocenters. The Hall–Kier alpha value is -2.66. The number of nitriles is 1. The molecule has 0 fully saturated rings. The maximum atomic E-state index is 13.2. The first-order chi connectivity index (χ1) is 13.8. The second-order valence-electron chi connectivity index (χ2n) is 9.38. The number of carbonyl (C=O) groups excluding carboxylic acids is 2. The average molecular weight is 431 g/mol. The van der Waals surface area contributed by atoms with E-state index in [-0.39, 0.29) is 12.1 Å². The molecule has 1 aromatic carbocycles. The van der Waals surface area contributed by atoms with Crippen LogP contribution in [0, 0.1) is 17.2 Å². The van der Waals surface area contributed by atoms with Gasteiger partial charge in [0, 0.05) is 11.2 Å². The predicted octanol–water partition coefficient (Wildman–Crippen LogP) is 3.53. The minimum absolute atomic E-state index is 0.153. The monoisotopic (exact) mass is 430 g/mol. The molecule has 0 spiro atoms. The van der Waals surface area contributed by atoms with E-state index in [1.54, 1.807) is 26.8 Å². The Morgan fingerprint density at radius 1 is 1.30 bits per heavy atom. The first-order valence-electron chi connectivity index (χ1n) is 9.94. The third-order valence-electron chi connectivity index (χ3n) is 4.31. The van der Waals surface area contributed by atoms with Crippen LogP contribution in [0.2, 0.25) is 0 Å². The third kappa shape index (κ3) is 6.42. The van der Waals surface area contributed by atoms with E-state index in [4.69, 9.17) is 17.0 Å². The van der Waals surface area contributed by atoms with Crippen molar-refractivity contribution < 1.29 is 14.3 Å². The van der Waals surface area contributed by atoms with Gasteiger partial charge in [-0.1, -0.05) is 6.07 Å². The van der Waals surface area contributed by atoms with Gasteiger partial charge in [0.2, 0.25) is 5.91 Å². The summed E-state index contributed by atoms with van der Waals surface area (Å²) in [4.78, 5) is 27.2. The predicted molar refractivity (Wildman–Crippen MR) is 121 cm³/mol. The van der Waals surface area contributed by atoms with Gasteiger partial charge >= 0.3 is 5.97 Å². The van der Waals surface area contributed by atoms with E-state index < -0.39 is 23.4 Å². The van der Waals surface area contributed by atoms with Crippen molar-refractivity contribution in [3.8, 4) is 6.07 Å². The summed E-state index contributed by atoms with van der Waals surface area (Å²) in [6, 6.07) is 7.59. The van der Waals surface area contributed by atoms with E-state index in [0.29, 0.717) is 29.3 Å². The number of nitrogens with zero attached hydrogens (tertiary/aromatic N) is 2. The van der Waals surface area contributed by atoms with Crippen molar-refractivity contribution in [3.05, 3.63) is 23.8 Å². The van der Waals surface area contributed by atoms with Gasteiger partial charge < -0.3 is 15.4 Å². The number of anilines is 2. The Morgan fingerprint density at radius 3 is 2.53 bits per heavy atom. The highest BCUT2D eigenvalue weighted by Crippen LogP contribution is 2.33. The average Bonchev–Trinajstić information content (AvgIpc) is 2.69. The number of rotatable bonds is 3. The summed E-state index contributed by atoms with van der Waals surface area (Å²) in [6.07, 6.45) is 0.858. The van der Waals surface area contributed by atoms with E-state index in [1.165, 1.54) is 4.90 Å². The standard InChI is InChI=1S/C22H30N4O3S/c1-21(2,3)25-20(30)24-15-9-7-14-8-10-16(19(28)29-22(4,5)6)18(27)26(12-11-23)17(14)13-15/h7,9,13,16H,8,10,12H2,1-6H3,(H2,24,25,30). The fraction of sp³-hybridized carbons (Fsp3) is 0.545. The lowest BCUT2D eigenvalue weighted by Crippen LogP contribution is -2.43. The molecule has 0 aromatic heterocycles. The molecule has 1 aromatic rings. The number of esters is 1. The van der Waals surface area contributed by atoms with Crippen molar-refractivity contribution in [1.82, 2.24) is 5.32 Å². The number of hydrogen-bond donors (Lipinski definition) is 2. The number of amides is 1. The molecule has 1 heterocycles. The lowest BCUT2D eigenvalue weighted by atomic mass is 10.00. The maximum Gasteiger partial charge on any atom is 0.319 e. The minimum Gasteiger partial charge on any atom is -0.459 e. The Balaban J connectivity index is 2.32. The number of ether oxygens (including phenoxy) is 1. The molecular weight excluding hydrogens is 400 g/mol. The highest BCUT2D eigenvalue weighted by Gasteiger charge is 2.37. The summed E-state index contributed by atoms with van der Waals surface area (Å²) in [5.74, 6) is -1.92. The van der Waals surface area contributed by atoms with Crippen molar-refractivity contribution >= 4 is 40.6 Å². The normalized spacial score (nSPS) is 16.8. The van der Waals surface area contributed by atoms with Crippen molar-refractivity contribution in [1.29, 1.82) is 5.26 Å². The smallest absolute Gasteiger partial charge is 0.319 e. The number of fused-ring (bicyclic) bond motifs is 1. The molecule has 1 unspecified atom stereocenters. The molecule has 7 nitrogen and oxygen atoms in total. The quantitative estimate of drug-likeness (QED) is 0.328. The first-order valence-corrected chi connectivity index (χ1v) is 10.3. The first kappa shape index (κ1) is 23.6. The molecule has 2 N–H and O–H groups in total. The van der Waals surface area contributed by atoms with Crippen molar-refractivity contribution in [2.45, 2.75) is 65.5 Å². The van der Waals surface area contributed by atoms with Gasteiger partial charge in [0.05, 0.1) is 11.8 Å². The molecule has 1 aliphatic rings. The van der Waals surface area contributed by atoms with Crippen LogP contribution in [0.15, 0.2) is 18.2 Å². The number of thiocarbonyl (C=S) groups is 1. The van der Waals surface area contributed by atoms with Gasteiger partial charge in [0.25, 0.3) is 0 Å². The molecule has 1 aliphatic heterocycles. The van der Waals surface area contributed by atoms with Crippen LogP contribution in [0.3, 0.4) is 0 Å². The van der Waals surface area contributed by atoms with E-state index in [9.17, 15) is 14.9 Å². The Kier molecular flexibility index (Phi) is 7.09. The lowest BCUT2D eigenvalue weighted by molar-refractivity contribution is -0.162. The largest absolute Gasteiger partial charge is 0.459 e. The Morgan fingerprint density at radius 2 is 1.97 bits per heavy atom. The Bertz CT molecular complexity index is 878. The zero-order chi connectivity index (χ0) is 22.7. The molecule has 162 valence electrons. The van der Waals surface area contributed by atoms with E-state index in [1.807, 2.05) is 39.0 Å². The van der Waals surface area contributed by atoms with Crippen molar-refractivity contribution in [2.24, 2.45) is 5.92 Å². The molecule has 0 saturated heterocycles. The number of benzene rings is 1. The van der Waals surface area contributed by atoms with Gasteiger partial charge in [-0.2, -0.15) is 5.26 Å². The lowest BCUT2D eigenvalue weighted by Gasteiger charge is -2.26. The van der Waals surface area contributed by atoms with Gasteiger partial charge in [0.15, 0.2) is 5.11 Å². The van der Waals surface area contributed by atoms with Crippen LogP contribution in [0.5, 0.6) is 0 Å². The topological polar surface area (TPSA) is 94.5 Å². The molecule has 0 aliphatic carbocycles. The minimum atomic E-state index is -0.940. The molecule has 0 saturated carbocycles. The summed E-state index contributed by atoms with van der Waals surface area (Å²) in [7, 11) is 0. The highest BCUT2D eigenvalue weighted by molar-refractivity contribution is 7.80. The highest BCUT2D eigenvalue weighted by atomic mass is 32.1. The van der Waals surface area contributed by atoms with Gasteiger partial charge in [-0.3, -0.25) is 14.5 Å². The van der Waals surface area contributed by atoms with Crippen LogP contribution in [0.4, 0.5) is 11.4 Å². The van der Waals surface area contributed by atoms with Gasteiger partial charge in [-0.25, -0.2) is 0 Å². The number of carbonyl (C=O) groups is 2.